The molecule has 0 amide bonds. The van der Waals surface area contributed by atoms with Crippen molar-refractivity contribution in [3.05, 3.63) is 147 Å². The summed E-state index contributed by atoms with van der Waals surface area (Å²) in [6, 6.07) is 41.5. The number of aromatic nitrogens is 4. The van der Waals surface area contributed by atoms with Gasteiger partial charge in [-0.25, -0.2) is 19.9 Å². The molecule has 0 unspecified atom stereocenters. The lowest BCUT2D eigenvalue weighted by Crippen LogP contribution is -2.00. The van der Waals surface area contributed by atoms with E-state index >= 15 is 0 Å². The minimum absolute atomic E-state index is 0.616. The van der Waals surface area contributed by atoms with Crippen LogP contribution in [0.3, 0.4) is 0 Å². The van der Waals surface area contributed by atoms with Crippen molar-refractivity contribution < 1.29 is 8.83 Å². The molecule has 0 aliphatic carbocycles. The fourth-order valence-electron chi connectivity index (χ4n) is 5.86. The number of pyridine rings is 2. The zero-order valence-electron chi connectivity index (χ0n) is 23.5. The van der Waals surface area contributed by atoms with Crippen LogP contribution in [0.4, 0.5) is 0 Å². The first-order valence-corrected chi connectivity index (χ1v) is 14.3. The maximum Gasteiger partial charge on any atom is 0.181 e. The smallest absolute Gasteiger partial charge is 0.181 e. The summed E-state index contributed by atoms with van der Waals surface area (Å²) in [4.78, 5) is 18.5. The maximum atomic E-state index is 5.63. The van der Waals surface area contributed by atoms with Crippen molar-refractivity contribution in [3.8, 4) is 67.7 Å². The molecule has 4 aromatic heterocycles. The van der Waals surface area contributed by atoms with Crippen molar-refractivity contribution in [1.29, 1.82) is 0 Å². The van der Waals surface area contributed by atoms with Gasteiger partial charge in [-0.2, -0.15) is 0 Å². The van der Waals surface area contributed by atoms with Crippen LogP contribution in [0.5, 0.6) is 0 Å². The minimum atomic E-state index is 0.616. The molecule has 0 fully saturated rings. The normalized spacial score (nSPS) is 11.2. The second-order valence-corrected chi connectivity index (χ2v) is 10.3. The van der Waals surface area contributed by atoms with Gasteiger partial charge < -0.3 is 8.83 Å². The number of nitrogens with zero attached hydrogens (tertiary/aromatic N) is 4. The van der Waals surface area contributed by atoms with Gasteiger partial charge in [0.05, 0.1) is 23.8 Å². The molecule has 0 radical (unpaired) electrons. The molecule has 6 heteroatoms. The Balaban J connectivity index is 1.54. The van der Waals surface area contributed by atoms with E-state index in [1.54, 1.807) is 12.4 Å². The van der Waals surface area contributed by atoms with Gasteiger partial charge in [0, 0.05) is 22.3 Å². The molecule has 44 heavy (non-hydrogen) atoms. The molecule has 0 spiro atoms. The molecule has 8 aromatic rings. The largest absolute Gasteiger partial charge is 0.442 e. The summed E-state index contributed by atoms with van der Waals surface area (Å²) in [7, 11) is 0. The van der Waals surface area contributed by atoms with E-state index in [-0.39, 0.29) is 0 Å². The standard InChI is InChI=1S/C38H24N4O2/c1-3-11-25(12-4-1)35-36(26-13-5-2-6-14-26)38(32-20-10-18-30(42-32)34-22-40-24-44-34)28-16-8-7-15-27(28)37(35)31-19-9-17-29(41-31)33-21-39-23-43-33/h1-24H. The highest BCUT2D eigenvalue weighted by atomic mass is 16.3. The van der Waals surface area contributed by atoms with Crippen molar-refractivity contribution in [3.63, 3.8) is 0 Å². The average Bonchev–Trinajstić information content (AvgIpc) is 3.84. The van der Waals surface area contributed by atoms with Gasteiger partial charge in [0.2, 0.25) is 0 Å². The fraction of sp³-hybridized carbons (Fsp3) is 0. The lowest BCUT2D eigenvalue weighted by Gasteiger charge is -2.23. The van der Waals surface area contributed by atoms with Gasteiger partial charge in [0.15, 0.2) is 24.3 Å². The number of benzene rings is 4. The number of fused-ring (bicyclic) bond motifs is 1. The summed E-state index contributed by atoms with van der Waals surface area (Å²) >= 11 is 0. The van der Waals surface area contributed by atoms with Crippen LogP contribution in [0.15, 0.2) is 155 Å². The molecular weight excluding hydrogens is 544 g/mol. The van der Waals surface area contributed by atoms with Crippen LogP contribution in [-0.2, 0) is 0 Å². The molecule has 4 heterocycles. The van der Waals surface area contributed by atoms with Gasteiger partial charge >= 0.3 is 0 Å². The Bertz CT molecular complexity index is 2050. The van der Waals surface area contributed by atoms with E-state index in [0.29, 0.717) is 11.5 Å². The Labute approximate surface area is 253 Å². The number of rotatable bonds is 6. The number of hydrogen-bond donors (Lipinski definition) is 0. The van der Waals surface area contributed by atoms with Crippen molar-refractivity contribution in [2.24, 2.45) is 0 Å². The molecule has 6 nitrogen and oxygen atoms in total. The topological polar surface area (TPSA) is 77.8 Å². The van der Waals surface area contributed by atoms with E-state index in [4.69, 9.17) is 18.8 Å². The predicted octanol–water partition coefficient (Wildman–Crippen LogP) is 9.61. The van der Waals surface area contributed by atoms with E-state index in [0.717, 1.165) is 66.9 Å². The second kappa shape index (κ2) is 10.9. The van der Waals surface area contributed by atoms with Gasteiger partial charge in [-0.3, -0.25) is 0 Å². The summed E-state index contributed by atoms with van der Waals surface area (Å²) in [6.07, 6.45) is 6.23. The highest BCUT2D eigenvalue weighted by molar-refractivity contribution is 6.17. The molecule has 0 atom stereocenters. The van der Waals surface area contributed by atoms with Crippen molar-refractivity contribution >= 4 is 10.8 Å². The van der Waals surface area contributed by atoms with Gasteiger partial charge in [0.1, 0.15) is 11.4 Å². The van der Waals surface area contributed by atoms with Crippen molar-refractivity contribution in [2.45, 2.75) is 0 Å². The maximum absolute atomic E-state index is 5.63. The zero-order valence-corrected chi connectivity index (χ0v) is 23.5. The molecule has 0 saturated heterocycles. The summed E-state index contributed by atoms with van der Waals surface area (Å²) in [5.41, 5.74) is 9.45. The Morgan fingerprint density at radius 1 is 0.364 bits per heavy atom. The second-order valence-electron chi connectivity index (χ2n) is 10.3. The fourth-order valence-corrected chi connectivity index (χ4v) is 5.86. The van der Waals surface area contributed by atoms with Crippen LogP contribution in [0.1, 0.15) is 0 Å². The molecular formula is C38H24N4O2. The highest BCUT2D eigenvalue weighted by Crippen LogP contribution is 2.50. The van der Waals surface area contributed by atoms with Crippen molar-refractivity contribution in [2.75, 3.05) is 0 Å². The summed E-state index contributed by atoms with van der Waals surface area (Å²) < 4.78 is 11.3. The first-order chi connectivity index (χ1) is 21.8. The molecule has 4 aromatic carbocycles. The first kappa shape index (κ1) is 25.6. The van der Waals surface area contributed by atoms with Gasteiger partial charge in [-0.15, -0.1) is 0 Å². The van der Waals surface area contributed by atoms with Gasteiger partial charge in [0.25, 0.3) is 0 Å². The van der Waals surface area contributed by atoms with E-state index in [2.05, 4.69) is 94.9 Å². The SMILES string of the molecule is c1ccc(-c2c(-c3ccccc3)c(-c3cccc(-c4cnco4)n3)c3ccccc3c2-c2cccc(-c3cnco3)n2)cc1. The monoisotopic (exact) mass is 568 g/mol. The zero-order chi connectivity index (χ0) is 29.3. The Kier molecular flexibility index (Phi) is 6.35. The molecule has 0 saturated carbocycles. The quantitative estimate of drug-likeness (QED) is 0.199. The Morgan fingerprint density at radius 3 is 1.18 bits per heavy atom. The summed E-state index contributed by atoms with van der Waals surface area (Å²) in [5.74, 6) is 1.23. The molecule has 208 valence electrons. The van der Waals surface area contributed by atoms with Gasteiger partial charge in [-0.1, -0.05) is 97.1 Å². The van der Waals surface area contributed by atoms with E-state index < -0.39 is 0 Å². The van der Waals surface area contributed by atoms with E-state index in [1.165, 1.54) is 12.8 Å². The lowest BCUT2D eigenvalue weighted by molar-refractivity contribution is 0.569. The third-order valence-corrected chi connectivity index (χ3v) is 7.72. The van der Waals surface area contributed by atoms with Crippen LogP contribution >= 0.6 is 0 Å². The third-order valence-electron chi connectivity index (χ3n) is 7.72. The summed E-state index contributed by atoms with van der Waals surface area (Å²) in [6.45, 7) is 0. The van der Waals surface area contributed by atoms with Crippen LogP contribution in [0.2, 0.25) is 0 Å². The average molecular weight is 569 g/mol. The van der Waals surface area contributed by atoms with E-state index in [1.807, 2.05) is 36.4 Å². The van der Waals surface area contributed by atoms with Crippen LogP contribution in [0.25, 0.3) is 78.4 Å². The Hall–Kier alpha value is -6.14. The molecule has 0 N–H and O–H groups in total. The minimum Gasteiger partial charge on any atom is -0.442 e. The lowest BCUT2D eigenvalue weighted by atomic mass is 9.80. The molecule has 0 aliphatic rings. The Morgan fingerprint density at radius 2 is 0.773 bits per heavy atom. The van der Waals surface area contributed by atoms with Crippen LogP contribution < -0.4 is 0 Å². The highest BCUT2D eigenvalue weighted by Gasteiger charge is 2.25. The van der Waals surface area contributed by atoms with Crippen LogP contribution in [0, 0.1) is 0 Å². The van der Waals surface area contributed by atoms with Gasteiger partial charge in [-0.05, 0) is 46.2 Å². The molecule has 0 aliphatic heterocycles. The van der Waals surface area contributed by atoms with Crippen LogP contribution in [-0.4, -0.2) is 19.9 Å². The van der Waals surface area contributed by atoms with E-state index in [9.17, 15) is 0 Å². The molecule has 0 bridgehead atoms. The predicted molar refractivity (Wildman–Crippen MR) is 172 cm³/mol. The van der Waals surface area contributed by atoms with Crippen molar-refractivity contribution in [1.82, 2.24) is 19.9 Å². The first-order valence-electron chi connectivity index (χ1n) is 14.3. The number of hydrogen-bond acceptors (Lipinski definition) is 6. The molecule has 8 rings (SSSR count). The summed E-state index contributed by atoms with van der Waals surface area (Å²) in [5, 5.41) is 2.13. The third kappa shape index (κ3) is 4.46. The number of oxazole rings is 2.